The standard InChI is InChI=1S/C23H24N6O2S2/c1-4-17-10-12-19(13-11-17)28(16(3)30)22-24-18(14-32-22)15-33-23-25-26-27-29(23)20-8-6-7-9-21(20)31-5-2/h6-14H,4-5,15H2,1-3H3. The summed E-state index contributed by atoms with van der Waals surface area (Å²) in [4.78, 5) is 18.7. The van der Waals surface area contributed by atoms with Crippen molar-refractivity contribution in [1.82, 2.24) is 25.2 Å². The molecule has 0 atom stereocenters. The lowest BCUT2D eigenvalue weighted by molar-refractivity contribution is -0.115. The quantitative estimate of drug-likeness (QED) is 0.310. The Kier molecular flexibility index (Phi) is 7.36. The summed E-state index contributed by atoms with van der Waals surface area (Å²) >= 11 is 2.91. The van der Waals surface area contributed by atoms with Crippen molar-refractivity contribution in [3.05, 3.63) is 65.2 Å². The van der Waals surface area contributed by atoms with E-state index in [1.54, 1.807) is 16.5 Å². The first kappa shape index (κ1) is 22.9. The Morgan fingerprint density at radius 2 is 1.94 bits per heavy atom. The van der Waals surface area contributed by atoms with Crippen molar-refractivity contribution in [3.8, 4) is 11.4 Å². The molecule has 0 saturated carbocycles. The summed E-state index contributed by atoms with van der Waals surface area (Å²) in [6.45, 7) is 6.15. The molecule has 4 aromatic rings. The maximum atomic E-state index is 12.4. The number of hydrogen-bond acceptors (Lipinski definition) is 8. The van der Waals surface area contributed by atoms with Gasteiger partial charge in [0.15, 0.2) is 5.13 Å². The molecule has 0 aliphatic rings. The van der Waals surface area contributed by atoms with Crippen LogP contribution in [0.25, 0.3) is 5.69 Å². The van der Waals surface area contributed by atoms with E-state index < -0.39 is 0 Å². The second kappa shape index (κ2) is 10.6. The topological polar surface area (TPSA) is 86.0 Å². The van der Waals surface area contributed by atoms with Crippen molar-refractivity contribution < 1.29 is 9.53 Å². The van der Waals surface area contributed by atoms with Crippen LogP contribution >= 0.6 is 23.1 Å². The number of aromatic nitrogens is 5. The average molecular weight is 481 g/mol. The van der Waals surface area contributed by atoms with Gasteiger partial charge in [0.1, 0.15) is 11.4 Å². The Balaban J connectivity index is 1.51. The summed E-state index contributed by atoms with van der Waals surface area (Å²) in [5.41, 5.74) is 3.67. The van der Waals surface area contributed by atoms with Crippen LogP contribution in [-0.2, 0) is 17.0 Å². The van der Waals surface area contributed by atoms with Gasteiger partial charge >= 0.3 is 0 Å². The summed E-state index contributed by atoms with van der Waals surface area (Å²) in [5, 5.41) is 15.4. The highest BCUT2D eigenvalue weighted by Crippen LogP contribution is 2.32. The third-order valence-electron chi connectivity index (χ3n) is 4.83. The number of benzene rings is 2. The van der Waals surface area contributed by atoms with Crippen molar-refractivity contribution >= 4 is 39.8 Å². The predicted molar refractivity (Wildman–Crippen MR) is 131 cm³/mol. The molecule has 170 valence electrons. The van der Waals surface area contributed by atoms with E-state index in [4.69, 9.17) is 9.72 Å². The van der Waals surface area contributed by atoms with Gasteiger partial charge in [0.25, 0.3) is 0 Å². The number of thiazole rings is 1. The molecule has 4 rings (SSSR count). The number of amides is 1. The minimum atomic E-state index is -0.0794. The van der Waals surface area contributed by atoms with Crippen LogP contribution in [0.4, 0.5) is 10.8 Å². The monoisotopic (exact) mass is 480 g/mol. The molecule has 8 nitrogen and oxygen atoms in total. The third-order valence-corrected chi connectivity index (χ3v) is 6.66. The average Bonchev–Trinajstić information content (AvgIpc) is 3.48. The van der Waals surface area contributed by atoms with E-state index in [0.717, 1.165) is 29.2 Å². The Morgan fingerprint density at radius 3 is 2.67 bits per heavy atom. The molecule has 0 spiro atoms. The number of ether oxygens (including phenoxy) is 1. The third kappa shape index (κ3) is 5.23. The van der Waals surface area contributed by atoms with Gasteiger partial charge in [-0.3, -0.25) is 9.69 Å². The molecule has 0 fully saturated rings. The zero-order valence-corrected chi connectivity index (χ0v) is 20.3. The van der Waals surface area contributed by atoms with Crippen LogP contribution in [0.15, 0.2) is 59.1 Å². The molecule has 2 aromatic heterocycles. The number of rotatable bonds is 9. The maximum Gasteiger partial charge on any atom is 0.230 e. The molecule has 2 heterocycles. The Hall–Kier alpha value is -3.24. The largest absolute Gasteiger partial charge is 0.492 e. The summed E-state index contributed by atoms with van der Waals surface area (Å²) in [5.74, 6) is 1.20. The van der Waals surface area contributed by atoms with Gasteiger partial charge < -0.3 is 4.74 Å². The van der Waals surface area contributed by atoms with Crippen LogP contribution in [0.5, 0.6) is 5.75 Å². The number of carbonyl (C=O) groups excluding carboxylic acids is 1. The summed E-state index contributed by atoms with van der Waals surface area (Å²) in [6.07, 6.45) is 0.952. The molecular weight excluding hydrogens is 456 g/mol. The fraction of sp³-hybridized carbons (Fsp3) is 0.261. The minimum Gasteiger partial charge on any atom is -0.492 e. The van der Waals surface area contributed by atoms with Gasteiger partial charge in [-0.05, 0) is 53.6 Å². The number of thioether (sulfide) groups is 1. The first-order valence-electron chi connectivity index (χ1n) is 10.6. The van der Waals surface area contributed by atoms with Gasteiger partial charge in [0.2, 0.25) is 11.1 Å². The van der Waals surface area contributed by atoms with Gasteiger partial charge in [-0.15, -0.1) is 16.4 Å². The first-order chi connectivity index (χ1) is 16.1. The molecule has 0 bridgehead atoms. The number of anilines is 2. The molecule has 33 heavy (non-hydrogen) atoms. The van der Waals surface area contributed by atoms with Gasteiger partial charge in [-0.25, -0.2) is 4.98 Å². The van der Waals surface area contributed by atoms with E-state index in [9.17, 15) is 4.79 Å². The molecule has 2 aromatic carbocycles. The molecule has 10 heteroatoms. The molecular formula is C23H24N6O2S2. The van der Waals surface area contributed by atoms with Crippen LogP contribution in [0.3, 0.4) is 0 Å². The molecule has 0 saturated heterocycles. The lowest BCUT2D eigenvalue weighted by atomic mass is 10.1. The number of aryl methyl sites for hydroxylation is 1. The Labute approximate surface area is 200 Å². The van der Waals surface area contributed by atoms with E-state index in [0.29, 0.717) is 22.6 Å². The van der Waals surface area contributed by atoms with Crippen molar-refractivity contribution in [2.24, 2.45) is 0 Å². The summed E-state index contributed by atoms with van der Waals surface area (Å²) in [6, 6.07) is 15.6. The van der Waals surface area contributed by atoms with E-state index in [2.05, 4.69) is 22.4 Å². The number of hydrogen-bond donors (Lipinski definition) is 0. The Morgan fingerprint density at radius 1 is 1.15 bits per heavy atom. The SMILES string of the molecule is CCOc1ccccc1-n1nnnc1SCc1csc(N(C(C)=O)c2ccc(CC)cc2)n1. The second-order valence-electron chi connectivity index (χ2n) is 7.06. The molecule has 0 radical (unpaired) electrons. The fourth-order valence-electron chi connectivity index (χ4n) is 3.24. The van der Waals surface area contributed by atoms with Crippen LogP contribution in [0.1, 0.15) is 32.0 Å². The lowest BCUT2D eigenvalue weighted by Gasteiger charge is -2.18. The molecule has 0 N–H and O–H groups in total. The first-order valence-corrected chi connectivity index (χ1v) is 12.4. The smallest absolute Gasteiger partial charge is 0.230 e. The molecule has 0 aliphatic carbocycles. The molecule has 1 amide bonds. The zero-order chi connectivity index (χ0) is 23.2. The van der Waals surface area contributed by atoms with Crippen LogP contribution in [-0.4, -0.2) is 37.7 Å². The normalized spacial score (nSPS) is 10.9. The maximum absolute atomic E-state index is 12.4. The van der Waals surface area contributed by atoms with E-state index in [1.165, 1.54) is 28.7 Å². The summed E-state index contributed by atoms with van der Waals surface area (Å²) in [7, 11) is 0. The van der Waals surface area contributed by atoms with Crippen molar-refractivity contribution in [2.75, 3.05) is 11.5 Å². The number of nitrogens with zero attached hydrogens (tertiary/aromatic N) is 6. The van der Waals surface area contributed by atoms with Gasteiger partial charge in [0.05, 0.1) is 18.0 Å². The molecule has 0 unspecified atom stereocenters. The van der Waals surface area contributed by atoms with Crippen LogP contribution in [0.2, 0.25) is 0 Å². The fourth-order valence-corrected chi connectivity index (χ4v) is 5.01. The highest BCUT2D eigenvalue weighted by molar-refractivity contribution is 7.98. The Bertz CT molecular complexity index is 1220. The highest BCUT2D eigenvalue weighted by Gasteiger charge is 2.19. The van der Waals surface area contributed by atoms with Crippen molar-refractivity contribution in [1.29, 1.82) is 0 Å². The molecule has 0 aliphatic heterocycles. The second-order valence-corrected chi connectivity index (χ2v) is 8.84. The van der Waals surface area contributed by atoms with E-state index >= 15 is 0 Å². The number of carbonyl (C=O) groups is 1. The minimum absolute atomic E-state index is 0.0794. The summed E-state index contributed by atoms with van der Waals surface area (Å²) < 4.78 is 7.38. The van der Waals surface area contributed by atoms with Gasteiger partial charge in [-0.1, -0.05) is 43.0 Å². The number of para-hydroxylation sites is 2. The predicted octanol–water partition coefficient (Wildman–Crippen LogP) is 5.06. The van der Waals surface area contributed by atoms with Gasteiger partial charge in [-0.2, -0.15) is 4.68 Å². The number of tetrazole rings is 1. The van der Waals surface area contributed by atoms with Crippen LogP contribution in [0, 0.1) is 0 Å². The lowest BCUT2D eigenvalue weighted by Crippen LogP contribution is -2.22. The van der Waals surface area contributed by atoms with E-state index in [1.807, 2.05) is 60.8 Å². The van der Waals surface area contributed by atoms with E-state index in [-0.39, 0.29) is 5.91 Å². The highest BCUT2D eigenvalue weighted by atomic mass is 32.2. The zero-order valence-electron chi connectivity index (χ0n) is 18.6. The van der Waals surface area contributed by atoms with Crippen molar-refractivity contribution in [2.45, 2.75) is 38.1 Å². The van der Waals surface area contributed by atoms with Crippen LogP contribution < -0.4 is 9.64 Å². The van der Waals surface area contributed by atoms with Gasteiger partial charge in [0, 0.05) is 18.1 Å². The van der Waals surface area contributed by atoms with Crippen molar-refractivity contribution in [3.63, 3.8) is 0 Å².